The van der Waals surface area contributed by atoms with Crippen molar-refractivity contribution in [2.24, 2.45) is 0 Å². The second kappa shape index (κ2) is 4.81. The van der Waals surface area contributed by atoms with E-state index < -0.39 is 6.36 Å². The van der Waals surface area contributed by atoms with E-state index >= 15 is 0 Å². The summed E-state index contributed by atoms with van der Waals surface area (Å²) in [4.78, 5) is 12.4. The fraction of sp³-hybridized carbons (Fsp3) is 0.0833. The Balaban J connectivity index is 2.15. The third-order valence-corrected chi connectivity index (χ3v) is 2.96. The van der Waals surface area contributed by atoms with Crippen LogP contribution >= 0.6 is 11.3 Å². The fourth-order valence-electron chi connectivity index (χ4n) is 1.36. The summed E-state index contributed by atoms with van der Waals surface area (Å²) in [5, 5.41) is 1.76. The van der Waals surface area contributed by atoms with Crippen LogP contribution in [0.5, 0.6) is 5.75 Å². The van der Waals surface area contributed by atoms with Crippen LogP contribution in [0.4, 0.5) is 13.2 Å². The highest BCUT2D eigenvalue weighted by molar-refractivity contribution is 7.12. The van der Waals surface area contributed by atoms with Gasteiger partial charge in [-0.25, -0.2) is 0 Å². The maximum Gasteiger partial charge on any atom is 0.573 e. The molecule has 18 heavy (non-hydrogen) atoms. The van der Waals surface area contributed by atoms with Gasteiger partial charge in [0.2, 0.25) is 5.78 Å². The van der Waals surface area contributed by atoms with Crippen molar-refractivity contribution in [3.05, 3.63) is 52.2 Å². The van der Waals surface area contributed by atoms with E-state index in [1.807, 2.05) is 0 Å². The van der Waals surface area contributed by atoms with Crippen LogP contribution in [0.25, 0.3) is 0 Å². The Hall–Kier alpha value is -1.82. The highest BCUT2D eigenvalue weighted by Gasteiger charge is 2.31. The Bertz CT molecular complexity index is 529. The quantitative estimate of drug-likeness (QED) is 0.793. The summed E-state index contributed by atoms with van der Waals surface area (Å²) in [6, 6.07) is 8.25. The molecule has 0 aliphatic heterocycles. The van der Waals surface area contributed by atoms with E-state index in [0.717, 1.165) is 12.1 Å². The molecule has 0 bridgehead atoms. The Morgan fingerprint density at radius 3 is 2.28 bits per heavy atom. The average molecular weight is 272 g/mol. The summed E-state index contributed by atoms with van der Waals surface area (Å²) in [6.45, 7) is 0. The largest absolute Gasteiger partial charge is 0.573 e. The molecule has 2 nitrogen and oxygen atoms in total. The van der Waals surface area contributed by atoms with E-state index in [2.05, 4.69) is 4.74 Å². The van der Waals surface area contributed by atoms with Gasteiger partial charge in [-0.05, 0) is 35.7 Å². The maximum atomic E-state index is 11.9. The Morgan fingerprint density at radius 1 is 1.11 bits per heavy atom. The molecule has 1 aromatic heterocycles. The lowest BCUT2D eigenvalue weighted by Gasteiger charge is -2.08. The lowest BCUT2D eigenvalue weighted by Crippen LogP contribution is -2.17. The molecule has 0 atom stereocenters. The van der Waals surface area contributed by atoms with Gasteiger partial charge >= 0.3 is 6.36 Å². The standard InChI is InChI=1S/C12H7F3O2S/c13-12(14,15)17-9-5-3-8(4-6-9)11(16)10-2-1-7-18-10/h1-7H. The number of rotatable bonds is 3. The molecule has 2 aromatic rings. The summed E-state index contributed by atoms with van der Waals surface area (Å²) in [5.41, 5.74) is 0.326. The Labute approximate surface area is 105 Å². The van der Waals surface area contributed by atoms with Crippen LogP contribution in [0, 0.1) is 0 Å². The van der Waals surface area contributed by atoms with Gasteiger partial charge in [0, 0.05) is 5.56 Å². The topological polar surface area (TPSA) is 26.3 Å². The van der Waals surface area contributed by atoms with Crippen LogP contribution in [0.2, 0.25) is 0 Å². The number of ketones is 1. The minimum atomic E-state index is -4.72. The zero-order valence-electron chi connectivity index (χ0n) is 8.90. The number of alkyl halides is 3. The lowest BCUT2D eigenvalue weighted by molar-refractivity contribution is -0.274. The van der Waals surface area contributed by atoms with Crippen molar-refractivity contribution in [3.8, 4) is 5.75 Å². The van der Waals surface area contributed by atoms with Crippen molar-refractivity contribution < 1.29 is 22.7 Å². The van der Waals surface area contributed by atoms with Crippen LogP contribution in [0.1, 0.15) is 15.2 Å². The molecule has 0 unspecified atom stereocenters. The molecule has 0 fully saturated rings. The van der Waals surface area contributed by atoms with Crippen LogP contribution in [-0.4, -0.2) is 12.1 Å². The van der Waals surface area contributed by atoms with Crippen molar-refractivity contribution in [2.45, 2.75) is 6.36 Å². The summed E-state index contributed by atoms with van der Waals surface area (Å²) < 4.78 is 39.5. The molecule has 0 saturated heterocycles. The van der Waals surface area contributed by atoms with Crippen LogP contribution in [0.15, 0.2) is 41.8 Å². The van der Waals surface area contributed by atoms with Gasteiger partial charge in [0.05, 0.1) is 4.88 Å². The minimum Gasteiger partial charge on any atom is -0.406 e. The van der Waals surface area contributed by atoms with E-state index in [4.69, 9.17) is 0 Å². The van der Waals surface area contributed by atoms with Gasteiger partial charge in [-0.3, -0.25) is 4.79 Å². The fourth-order valence-corrected chi connectivity index (χ4v) is 2.04. The normalized spacial score (nSPS) is 11.3. The van der Waals surface area contributed by atoms with Gasteiger partial charge in [-0.15, -0.1) is 24.5 Å². The molecule has 0 saturated carbocycles. The number of carbonyl (C=O) groups is 1. The molecule has 0 aliphatic rings. The number of hydrogen-bond acceptors (Lipinski definition) is 3. The molecule has 94 valence electrons. The van der Waals surface area contributed by atoms with Gasteiger partial charge < -0.3 is 4.74 Å². The first-order valence-corrected chi connectivity index (χ1v) is 5.78. The van der Waals surface area contributed by atoms with Crippen molar-refractivity contribution in [3.63, 3.8) is 0 Å². The minimum absolute atomic E-state index is 0.219. The molecule has 0 N–H and O–H groups in total. The number of hydrogen-bond donors (Lipinski definition) is 0. The van der Waals surface area contributed by atoms with Gasteiger partial charge in [-0.1, -0.05) is 6.07 Å². The van der Waals surface area contributed by atoms with Crippen molar-refractivity contribution in [2.75, 3.05) is 0 Å². The first kappa shape index (κ1) is 12.6. The number of ether oxygens (including phenoxy) is 1. The number of carbonyl (C=O) groups excluding carboxylic acids is 1. The van der Waals surface area contributed by atoms with Crippen LogP contribution in [0.3, 0.4) is 0 Å². The van der Waals surface area contributed by atoms with E-state index in [1.165, 1.54) is 23.5 Å². The van der Waals surface area contributed by atoms with Crippen LogP contribution in [-0.2, 0) is 0 Å². The highest BCUT2D eigenvalue weighted by Crippen LogP contribution is 2.23. The molecule has 1 aromatic carbocycles. The van der Waals surface area contributed by atoms with E-state index in [0.29, 0.717) is 10.4 Å². The van der Waals surface area contributed by atoms with Crippen molar-refractivity contribution >= 4 is 17.1 Å². The Morgan fingerprint density at radius 2 is 1.78 bits per heavy atom. The zero-order valence-corrected chi connectivity index (χ0v) is 9.72. The highest BCUT2D eigenvalue weighted by atomic mass is 32.1. The summed E-state index contributed by atoms with van der Waals surface area (Å²) >= 11 is 1.28. The third-order valence-electron chi connectivity index (χ3n) is 2.10. The van der Waals surface area contributed by atoms with Gasteiger partial charge in [0.25, 0.3) is 0 Å². The second-order valence-electron chi connectivity index (χ2n) is 3.38. The van der Waals surface area contributed by atoms with Crippen molar-refractivity contribution in [1.29, 1.82) is 0 Å². The number of thiophene rings is 1. The maximum absolute atomic E-state index is 11.9. The second-order valence-corrected chi connectivity index (χ2v) is 4.33. The monoisotopic (exact) mass is 272 g/mol. The summed E-state index contributed by atoms with van der Waals surface area (Å²) in [5.74, 6) is -0.561. The summed E-state index contributed by atoms with van der Waals surface area (Å²) in [6.07, 6.45) is -4.72. The Kier molecular flexibility index (Phi) is 3.38. The average Bonchev–Trinajstić information content (AvgIpc) is 2.80. The van der Waals surface area contributed by atoms with Gasteiger partial charge in [0.15, 0.2) is 0 Å². The molecular formula is C12H7F3O2S. The molecule has 6 heteroatoms. The first-order chi connectivity index (χ1) is 8.46. The predicted molar refractivity (Wildman–Crippen MR) is 60.9 cm³/mol. The molecular weight excluding hydrogens is 265 g/mol. The molecule has 0 amide bonds. The smallest absolute Gasteiger partial charge is 0.406 e. The molecule has 1 heterocycles. The zero-order chi connectivity index (χ0) is 13.2. The van der Waals surface area contributed by atoms with E-state index in [1.54, 1.807) is 17.5 Å². The number of benzene rings is 1. The van der Waals surface area contributed by atoms with Crippen LogP contribution < -0.4 is 4.74 Å². The molecule has 0 radical (unpaired) electrons. The molecule has 0 spiro atoms. The SMILES string of the molecule is O=C(c1ccc(OC(F)(F)F)cc1)c1cccs1. The molecule has 2 rings (SSSR count). The van der Waals surface area contributed by atoms with Crippen molar-refractivity contribution in [1.82, 2.24) is 0 Å². The van der Waals surface area contributed by atoms with E-state index in [-0.39, 0.29) is 11.5 Å². The summed E-state index contributed by atoms with van der Waals surface area (Å²) in [7, 11) is 0. The molecule has 0 aliphatic carbocycles. The van der Waals surface area contributed by atoms with E-state index in [9.17, 15) is 18.0 Å². The first-order valence-electron chi connectivity index (χ1n) is 4.90. The predicted octanol–water partition coefficient (Wildman–Crippen LogP) is 3.88. The third kappa shape index (κ3) is 3.10. The van der Waals surface area contributed by atoms with Gasteiger partial charge in [-0.2, -0.15) is 0 Å². The van der Waals surface area contributed by atoms with Gasteiger partial charge in [0.1, 0.15) is 5.75 Å². The number of halogens is 3. The lowest BCUT2D eigenvalue weighted by atomic mass is 10.1.